The Morgan fingerprint density at radius 3 is 1.77 bits per heavy atom. The maximum absolute atomic E-state index is 2.53. The molecule has 0 radical (unpaired) electrons. The van der Waals surface area contributed by atoms with E-state index in [1.807, 2.05) is 0 Å². The molecule has 240 valence electrons. The Kier molecular flexibility index (Phi) is 5.53. The average Bonchev–Trinajstić information content (AvgIpc) is 3.85. The van der Waals surface area contributed by atoms with E-state index >= 15 is 0 Å². The van der Waals surface area contributed by atoms with Gasteiger partial charge in [0, 0.05) is 32.6 Å². The zero-order chi connectivity index (χ0) is 33.9. The van der Waals surface area contributed by atoms with Crippen LogP contribution in [0, 0.1) is 0 Å². The van der Waals surface area contributed by atoms with Gasteiger partial charge in [0.05, 0.1) is 27.8 Å². The quantitative estimate of drug-likeness (QED) is 0.179. The summed E-state index contributed by atoms with van der Waals surface area (Å²) in [4.78, 5) is 0. The Labute approximate surface area is 300 Å². The van der Waals surface area contributed by atoms with Gasteiger partial charge in [0.2, 0.25) is 0 Å². The molecule has 0 aliphatic heterocycles. The molecule has 0 amide bonds. The van der Waals surface area contributed by atoms with E-state index in [4.69, 9.17) is 0 Å². The largest absolute Gasteiger partial charge is 0.309 e. The monoisotopic (exact) mass is 658 g/mol. The smallest absolute Gasteiger partial charge is 0.0641 e. The van der Waals surface area contributed by atoms with Crippen LogP contribution in [0.5, 0.6) is 0 Å². The second-order valence-corrected chi connectivity index (χ2v) is 14.0. The van der Waals surface area contributed by atoms with Gasteiger partial charge in [-0.15, -0.1) is 0 Å². The molecule has 0 saturated carbocycles. The van der Waals surface area contributed by atoms with Crippen molar-refractivity contribution < 1.29 is 0 Å². The molecule has 2 aromatic heterocycles. The maximum Gasteiger partial charge on any atom is 0.0641 e. The minimum absolute atomic E-state index is 1.16. The summed E-state index contributed by atoms with van der Waals surface area (Å²) < 4.78 is 5.03. The van der Waals surface area contributed by atoms with Gasteiger partial charge in [0.15, 0.2) is 0 Å². The molecule has 11 aromatic rings. The van der Waals surface area contributed by atoms with Crippen LogP contribution in [0.1, 0.15) is 0 Å². The third kappa shape index (κ3) is 3.63. The van der Waals surface area contributed by atoms with Crippen LogP contribution in [0.25, 0.3) is 110 Å². The summed E-state index contributed by atoms with van der Waals surface area (Å²) in [5.41, 5.74) is 14.9. The van der Waals surface area contributed by atoms with Crippen LogP contribution in [0.3, 0.4) is 0 Å². The maximum atomic E-state index is 2.53. The highest BCUT2D eigenvalue weighted by molar-refractivity contribution is 6.31. The van der Waals surface area contributed by atoms with Gasteiger partial charge < -0.3 is 9.13 Å². The Balaban J connectivity index is 1.24. The van der Waals surface area contributed by atoms with Crippen LogP contribution in [0.15, 0.2) is 182 Å². The van der Waals surface area contributed by atoms with Gasteiger partial charge in [0.1, 0.15) is 0 Å². The number of rotatable bonds is 3. The van der Waals surface area contributed by atoms with Gasteiger partial charge in [-0.25, -0.2) is 0 Å². The van der Waals surface area contributed by atoms with E-state index in [-0.39, 0.29) is 0 Å². The first-order chi connectivity index (χ1) is 25.8. The molecule has 0 spiro atoms. The van der Waals surface area contributed by atoms with Crippen molar-refractivity contribution in [2.24, 2.45) is 0 Å². The molecule has 1 aliphatic rings. The second-order valence-electron chi connectivity index (χ2n) is 14.0. The van der Waals surface area contributed by atoms with Crippen molar-refractivity contribution in [3.05, 3.63) is 182 Å². The molecular formula is C50H30N2. The third-order valence-electron chi connectivity index (χ3n) is 11.5. The molecule has 2 heterocycles. The van der Waals surface area contributed by atoms with Crippen molar-refractivity contribution in [3.63, 3.8) is 0 Å². The molecule has 0 unspecified atom stereocenters. The number of benzene rings is 9. The summed E-state index contributed by atoms with van der Waals surface area (Å²) in [5, 5.41) is 10.2. The van der Waals surface area contributed by atoms with Crippen LogP contribution in [-0.2, 0) is 0 Å². The molecule has 52 heavy (non-hydrogen) atoms. The highest BCUT2D eigenvalue weighted by atomic mass is 15.0. The van der Waals surface area contributed by atoms with E-state index in [2.05, 4.69) is 191 Å². The van der Waals surface area contributed by atoms with E-state index in [1.165, 1.54) is 104 Å². The van der Waals surface area contributed by atoms with E-state index in [0.717, 1.165) is 5.69 Å². The topological polar surface area (TPSA) is 9.86 Å². The average molecular weight is 659 g/mol. The van der Waals surface area contributed by atoms with Gasteiger partial charge in [0.25, 0.3) is 0 Å². The number of aromatic nitrogens is 2. The molecule has 0 fully saturated rings. The van der Waals surface area contributed by atoms with E-state index < -0.39 is 0 Å². The standard InChI is InChI=1S/C50H30N2/c1-2-11-31(12-3-1)32-21-24-34(25-22-32)51-43-20-9-8-17-38(43)41-27-30-46-49(50(41)51)48-35-14-5-4-13-33(35)23-28-45(48)52(46)44-29-26-40-37-16-7-6-15-36(37)39-18-10-19-42(44)47(39)40/h1-30H. The lowest BCUT2D eigenvalue weighted by molar-refractivity contribution is 1.18. The van der Waals surface area contributed by atoms with Crippen molar-refractivity contribution in [3.8, 4) is 44.8 Å². The summed E-state index contributed by atoms with van der Waals surface area (Å²) in [6.07, 6.45) is 0. The zero-order valence-electron chi connectivity index (χ0n) is 28.2. The fourth-order valence-corrected chi connectivity index (χ4v) is 9.27. The van der Waals surface area contributed by atoms with Crippen molar-refractivity contribution in [1.82, 2.24) is 9.13 Å². The molecule has 0 bridgehead atoms. The number of hydrogen-bond acceptors (Lipinski definition) is 0. The summed E-state index contributed by atoms with van der Waals surface area (Å²) in [7, 11) is 0. The molecule has 0 atom stereocenters. The van der Waals surface area contributed by atoms with Gasteiger partial charge in [-0.05, 0) is 85.9 Å². The van der Waals surface area contributed by atoms with Crippen molar-refractivity contribution in [2.45, 2.75) is 0 Å². The van der Waals surface area contributed by atoms with Crippen molar-refractivity contribution in [2.75, 3.05) is 0 Å². The van der Waals surface area contributed by atoms with Crippen LogP contribution in [0.2, 0.25) is 0 Å². The Morgan fingerprint density at radius 1 is 0.288 bits per heavy atom. The SMILES string of the molecule is c1ccc(-c2ccc(-n3c4ccccc4c4ccc5c(c6c7ccccc7ccc6n5-c5ccc6c7c(cccc57)-c5ccccc5-6)c43)cc2)cc1. The molecular weight excluding hydrogens is 629 g/mol. The molecule has 2 nitrogen and oxygen atoms in total. The summed E-state index contributed by atoms with van der Waals surface area (Å²) in [5.74, 6) is 0. The first kappa shape index (κ1) is 27.9. The Morgan fingerprint density at radius 2 is 0.923 bits per heavy atom. The predicted molar refractivity (Wildman–Crippen MR) is 220 cm³/mol. The minimum atomic E-state index is 1.16. The second kappa shape index (κ2) is 10.3. The van der Waals surface area contributed by atoms with Crippen LogP contribution in [-0.4, -0.2) is 9.13 Å². The fourth-order valence-electron chi connectivity index (χ4n) is 9.27. The van der Waals surface area contributed by atoms with E-state index in [9.17, 15) is 0 Å². The first-order valence-electron chi connectivity index (χ1n) is 18.0. The van der Waals surface area contributed by atoms with E-state index in [1.54, 1.807) is 0 Å². The fraction of sp³-hybridized carbons (Fsp3) is 0. The van der Waals surface area contributed by atoms with Gasteiger partial charge in [-0.3, -0.25) is 0 Å². The molecule has 1 aliphatic carbocycles. The van der Waals surface area contributed by atoms with Crippen LogP contribution < -0.4 is 0 Å². The third-order valence-corrected chi connectivity index (χ3v) is 11.5. The lowest BCUT2D eigenvalue weighted by Gasteiger charge is -2.14. The molecule has 2 heteroatoms. The zero-order valence-corrected chi connectivity index (χ0v) is 28.2. The first-order valence-corrected chi connectivity index (χ1v) is 18.0. The van der Waals surface area contributed by atoms with E-state index in [0.29, 0.717) is 0 Å². The van der Waals surface area contributed by atoms with Gasteiger partial charge in [-0.1, -0.05) is 146 Å². The Hall–Kier alpha value is -6.90. The highest BCUT2D eigenvalue weighted by Gasteiger charge is 2.26. The number of para-hydroxylation sites is 1. The molecule has 9 aromatic carbocycles. The lowest BCUT2D eigenvalue weighted by atomic mass is 10.0. The summed E-state index contributed by atoms with van der Waals surface area (Å²) in [6, 6.07) is 67.1. The predicted octanol–water partition coefficient (Wildman–Crippen LogP) is 13.5. The Bertz CT molecular complexity index is 3240. The lowest BCUT2D eigenvalue weighted by Crippen LogP contribution is -1.96. The van der Waals surface area contributed by atoms with Crippen molar-refractivity contribution in [1.29, 1.82) is 0 Å². The highest BCUT2D eigenvalue weighted by Crippen LogP contribution is 2.50. The summed E-state index contributed by atoms with van der Waals surface area (Å²) in [6.45, 7) is 0. The minimum Gasteiger partial charge on any atom is -0.309 e. The molecule has 0 N–H and O–H groups in total. The van der Waals surface area contributed by atoms with Gasteiger partial charge >= 0.3 is 0 Å². The van der Waals surface area contributed by atoms with Crippen molar-refractivity contribution >= 4 is 65.2 Å². The van der Waals surface area contributed by atoms with Crippen LogP contribution >= 0.6 is 0 Å². The molecule has 12 rings (SSSR count). The molecule has 0 saturated heterocycles. The summed E-state index contributed by atoms with van der Waals surface area (Å²) >= 11 is 0. The normalized spacial score (nSPS) is 12.2. The number of fused-ring (bicyclic) bond motifs is 12. The number of nitrogens with zero attached hydrogens (tertiary/aromatic N) is 2. The van der Waals surface area contributed by atoms with Gasteiger partial charge in [-0.2, -0.15) is 0 Å². The number of hydrogen-bond donors (Lipinski definition) is 0. The van der Waals surface area contributed by atoms with Crippen LogP contribution in [0.4, 0.5) is 0 Å².